The van der Waals surface area contributed by atoms with Crippen LogP contribution in [0.5, 0.6) is 0 Å². The summed E-state index contributed by atoms with van der Waals surface area (Å²) in [5, 5.41) is 23.2. The number of hydrogen-bond acceptors (Lipinski definition) is 5. The molecule has 0 aliphatic heterocycles. The first kappa shape index (κ1) is 19.3. The summed E-state index contributed by atoms with van der Waals surface area (Å²) in [6, 6.07) is 14.4. The fourth-order valence-corrected chi connectivity index (χ4v) is 3.13. The molecule has 0 radical (unpaired) electrons. The Balaban J connectivity index is 1.64. The summed E-state index contributed by atoms with van der Waals surface area (Å²) in [5.41, 5.74) is 0.744. The lowest BCUT2D eigenvalue weighted by Crippen LogP contribution is -2.16. The second kappa shape index (κ2) is 7.43. The van der Waals surface area contributed by atoms with Crippen LogP contribution in [-0.4, -0.2) is 41.3 Å². The lowest BCUT2D eigenvalue weighted by molar-refractivity contribution is -0.141. The number of carboxylic acids is 1. The molecule has 0 spiro atoms. The van der Waals surface area contributed by atoms with Crippen molar-refractivity contribution in [1.82, 2.24) is 30.2 Å². The van der Waals surface area contributed by atoms with Gasteiger partial charge in [-0.05, 0) is 21.9 Å². The summed E-state index contributed by atoms with van der Waals surface area (Å²) in [5.74, 6) is -1.26. The number of rotatable bonds is 5. The van der Waals surface area contributed by atoms with Gasteiger partial charge in [-0.15, -0.1) is 10.2 Å². The first-order chi connectivity index (χ1) is 14.3. The summed E-state index contributed by atoms with van der Waals surface area (Å²) >= 11 is 0. The Hall–Kier alpha value is -4.02. The van der Waals surface area contributed by atoms with Gasteiger partial charge in [0.05, 0.1) is 6.33 Å². The van der Waals surface area contributed by atoms with E-state index in [1.54, 1.807) is 24.3 Å². The van der Waals surface area contributed by atoms with E-state index in [1.165, 1.54) is 0 Å². The van der Waals surface area contributed by atoms with E-state index in [4.69, 9.17) is 0 Å². The summed E-state index contributed by atoms with van der Waals surface area (Å²) in [6.45, 7) is -0.0719. The Bertz CT molecular complexity index is 1180. The van der Waals surface area contributed by atoms with E-state index in [1.807, 2.05) is 24.3 Å². The standard InChI is InChI=1S/C19H13F3N6O2/c20-19(21,22)16-15(18(29)30)28(10-23-16)9-11-5-7-12(8-6-11)13-3-1-2-4-14(13)17-24-26-27-25-17/h1-8,10H,9H2,(H,29,30)(H,24,25,26,27). The molecule has 0 atom stereocenters. The maximum Gasteiger partial charge on any atom is 0.435 e. The first-order valence-electron chi connectivity index (χ1n) is 8.62. The maximum atomic E-state index is 13.0. The molecule has 0 unspecified atom stereocenters. The van der Waals surface area contributed by atoms with Gasteiger partial charge in [0, 0.05) is 12.1 Å². The first-order valence-corrected chi connectivity index (χ1v) is 8.62. The van der Waals surface area contributed by atoms with E-state index in [2.05, 4.69) is 25.6 Å². The highest BCUT2D eigenvalue weighted by Gasteiger charge is 2.39. The molecule has 2 aromatic carbocycles. The van der Waals surface area contributed by atoms with Crippen LogP contribution < -0.4 is 0 Å². The van der Waals surface area contributed by atoms with Gasteiger partial charge in [-0.2, -0.15) is 18.4 Å². The number of aromatic amines is 1. The number of nitrogens with zero attached hydrogens (tertiary/aromatic N) is 5. The molecular weight excluding hydrogens is 401 g/mol. The normalized spacial score (nSPS) is 11.6. The number of imidazole rings is 1. The molecule has 0 fully saturated rings. The van der Waals surface area contributed by atoms with Crippen molar-refractivity contribution in [2.24, 2.45) is 0 Å². The fraction of sp³-hybridized carbons (Fsp3) is 0.105. The molecule has 30 heavy (non-hydrogen) atoms. The average Bonchev–Trinajstić information content (AvgIpc) is 3.38. The molecule has 0 saturated carbocycles. The zero-order valence-electron chi connectivity index (χ0n) is 15.1. The summed E-state index contributed by atoms with van der Waals surface area (Å²) in [6.07, 6.45) is -3.96. The van der Waals surface area contributed by atoms with Crippen molar-refractivity contribution in [2.45, 2.75) is 12.7 Å². The Morgan fingerprint density at radius 2 is 1.77 bits per heavy atom. The highest BCUT2D eigenvalue weighted by Crippen LogP contribution is 2.32. The van der Waals surface area contributed by atoms with Crippen LogP contribution in [0.4, 0.5) is 13.2 Å². The molecule has 11 heteroatoms. The van der Waals surface area contributed by atoms with Crippen molar-refractivity contribution in [3.8, 4) is 22.5 Å². The second-order valence-corrected chi connectivity index (χ2v) is 6.35. The van der Waals surface area contributed by atoms with E-state index in [-0.39, 0.29) is 6.54 Å². The summed E-state index contributed by atoms with van der Waals surface area (Å²) in [7, 11) is 0. The van der Waals surface area contributed by atoms with Gasteiger partial charge in [0.1, 0.15) is 0 Å². The Labute approximate surface area is 167 Å². The summed E-state index contributed by atoms with van der Waals surface area (Å²) in [4.78, 5) is 14.6. The van der Waals surface area contributed by atoms with E-state index < -0.39 is 23.5 Å². The number of aromatic carboxylic acids is 1. The number of halogens is 3. The minimum Gasteiger partial charge on any atom is -0.477 e. The molecule has 4 rings (SSSR count). The molecule has 0 aliphatic carbocycles. The van der Waals surface area contributed by atoms with Crippen LogP contribution >= 0.6 is 0 Å². The Kier molecular flexibility index (Phi) is 4.78. The predicted molar refractivity (Wildman–Crippen MR) is 98.3 cm³/mol. The maximum absolute atomic E-state index is 13.0. The number of carboxylic acid groups (broad SMARTS) is 1. The fourth-order valence-electron chi connectivity index (χ4n) is 3.13. The number of aromatic nitrogens is 6. The van der Waals surface area contributed by atoms with Crippen LogP contribution in [0.25, 0.3) is 22.5 Å². The third-order valence-electron chi connectivity index (χ3n) is 4.44. The lowest BCUT2D eigenvalue weighted by atomic mass is 9.98. The number of hydrogen-bond donors (Lipinski definition) is 2. The van der Waals surface area contributed by atoms with Gasteiger partial charge in [0.25, 0.3) is 0 Å². The second-order valence-electron chi connectivity index (χ2n) is 6.35. The molecule has 2 heterocycles. The van der Waals surface area contributed by atoms with Crippen LogP contribution in [0, 0.1) is 0 Å². The number of nitrogens with one attached hydrogen (secondary N) is 1. The third kappa shape index (κ3) is 3.64. The van der Waals surface area contributed by atoms with Crippen LogP contribution in [0.1, 0.15) is 21.7 Å². The van der Waals surface area contributed by atoms with E-state index in [0.717, 1.165) is 27.6 Å². The molecule has 0 saturated heterocycles. The monoisotopic (exact) mass is 414 g/mol. The van der Waals surface area contributed by atoms with Gasteiger partial charge >= 0.3 is 12.1 Å². The Morgan fingerprint density at radius 1 is 1.07 bits per heavy atom. The van der Waals surface area contributed by atoms with Gasteiger partial charge in [-0.3, -0.25) is 0 Å². The molecule has 2 N–H and O–H groups in total. The minimum absolute atomic E-state index is 0.0719. The largest absolute Gasteiger partial charge is 0.477 e. The van der Waals surface area contributed by atoms with Gasteiger partial charge < -0.3 is 9.67 Å². The highest BCUT2D eigenvalue weighted by molar-refractivity contribution is 5.87. The van der Waals surface area contributed by atoms with Crippen LogP contribution in [0.3, 0.4) is 0 Å². The number of H-pyrrole nitrogens is 1. The molecule has 0 amide bonds. The van der Waals surface area contributed by atoms with Gasteiger partial charge in [-0.1, -0.05) is 48.5 Å². The van der Waals surface area contributed by atoms with Crippen molar-refractivity contribution in [2.75, 3.05) is 0 Å². The zero-order valence-corrected chi connectivity index (χ0v) is 15.1. The molecule has 8 nitrogen and oxygen atoms in total. The van der Waals surface area contributed by atoms with Crippen LogP contribution in [0.15, 0.2) is 54.9 Å². The minimum atomic E-state index is -4.85. The molecule has 2 aromatic heterocycles. The van der Waals surface area contributed by atoms with Crippen molar-refractivity contribution in [3.63, 3.8) is 0 Å². The van der Waals surface area contributed by atoms with Crippen LogP contribution in [-0.2, 0) is 12.7 Å². The van der Waals surface area contributed by atoms with E-state index in [9.17, 15) is 23.1 Å². The predicted octanol–water partition coefficient (Wildman–Crippen LogP) is 3.50. The SMILES string of the molecule is O=C(O)c1c(C(F)(F)F)ncn1Cc1ccc(-c2ccccc2-c2nn[nH]n2)cc1. The van der Waals surface area contributed by atoms with Gasteiger partial charge in [0.2, 0.25) is 5.82 Å². The lowest BCUT2D eigenvalue weighted by Gasteiger charge is -2.10. The smallest absolute Gasteiger partial charge is 0.435 e. The van der Waals surface area contributed by atoms with Crippen molar-refractivity contribution < 1.29 is 23.1 Å². The Morgan fingerprint density at radius 3 is 2.37 bits per heavy atom. The zero-order chi connectivity index (χ0) is 21.3. The number of carbonyl (C=O) groups is 1. The molecule has 4 aromatic rings. The van der Waals surface area contributed by atoms with Crippen molar-refractivity contribution in [1.29, 1.82) is 0 Å². The van der Waals surface area contributed by atoms with E-state index >= 15 is 0 Å². The van der Waals surface area contributed by atoms with Crippen LogP contribution in [0.2, 0.25) is 0 Å². The highest BCUT2D eigenvalue weighted by atomic mass is 19.4. The van der Waals surface area contributed by atoms with Gasteiger partial charge in [0.15, 0.2) is 11.4 Å². The third-order valence-corrected chi connectivity index (χ3v) is 4.44. The van der Waals surface area contributed by atoms with Crippen molar-refractivity contribution in [3.05, 3.63) is 71.8 Å². The molecular formula is C19H13F3N6O2. The van der Waals surface area contributed by atoms with Crippen molar-refractivity contribution >= 4 is 5.97 Å². The number of benzene rings is 2. The van der Waals surface area contributed by atoms with E-state index in [0.29, 0.717) is 11.4 Å². The van der Waals surface area contributed by atoms with Gasteiger partial charge in [-0.25, -0.2) is 9.78 Å². The quantitative estimate of drug-likeness (QED) is 0.517. The summed E-state index contributed by atoms with van der Waals surface area (Å²) < 4.78 is 40.0. The number of alkyl halides is 3. The molecule has 0 aliphatic rings. The topological polar surface area (TPSA) is 110 Å². The molecule has 0 bridgehead atoms. The molecule has 152 valence electrons. The average molecular weight is 414 g/mol. The number of tetrazole rings is 1.